The fourth-order valence-electron chi connectivity index (χ4n) is 2.26. The first-order chi connectivity index (χ1) is 10.1. The van der Waals surface area contributed by atoms with Crippen molar-refractivity contribution in [1.29, 1.82) is 0 Å². The number of pyridine rings is 1. The van der Waals surface area contributed by atoms with E-state index in [0.717, 1.165) is 9.88 Å². The molecular formula is C15H13N3O2S. The maximum Gasteiger partial charge on any atom is 0.190 e. The summed E-state index contributed by atoms with van der Waals surface area (Å²) in [5.41, 5.74) is 1.58. The summed E-state index contributed by atoms with van der Waals surface area (Å²) in [6, 6.07) is 5.48. The summed E-state index contributed by atoms with van der Waals surface area (Å²) in [5.74, 6) is -0.469. The molecule has 0 atom stereocenters. The van der Waals surface area contributed by atoms with E-state index in [0.29, 0.717) is 16.8 Å². The van der Waals surface area contributed by atoms with E-state index >= 15 is 0 Å². The van der Waals surface area contributed by atoms with Gasteiger partial charge >= 0.3 is 0 Å². The molecule has 3 aromatic rings. The monoisotopic (exact) mass is 299 g/mol. The van der Waals surface area contributed by atoms with E-state index in [-0.39, 0.29) is 18.0 Å². The van der Waals surface area contributed by atoms with Crippen molar-refractivity contribution in [2.75, 3.05) is 0 Å². The zero-order valence-electron chi connectivity index (χ0n) is 11.7. The van der Waals surface area contributed by atoms with Crippen LogP contribution in [-0.4, -0.2) is 26.2 Å². The molecule has 0 aliphatic heterocycles. The highest BCUT2D eigenvalue weighted by atomic mass is 32.1. The van der Waals surface area contributed by atoms with Crippen molar-refractivity contribution in [3.05, 3.63) is 51.7 Å². The molecule has 21 heavy (non-hydrogen) atoms. The van der Waals surface area contributed by atoms with Gasteiger partial charge < -0.3 is 0 Å². The van der Waals surface area contributed by atoms with E-state index < -0.39 is 0 Å². The molecule has 0 bridgehead atoms. The van der Waals surface area contributed by atoms with Crippen LogP contribution in [0.25, 0.3) is 5.52 Å². The predicted molar refractivity (Wildman–Crippen MR) is 80.1 cm³/mol. The summed E-state index contributed by atoms with van der Waals surface area (Å²) in [7, 11) is 0. The number of hydrogen-bond acceptors (Lipinski definition) is 5. The third-order valence-corrected chi connectivity index (χ3v) is 4.10. The van der Waals surface area contributed by atoms with Crippen LogP contribution in [0.3, 0.4) is 0 Å². The van der Waals surface area contributed by atoms with E-state index in [2.05, 4.69) is 10.1 Å². The molecule has 0 radical (unpaired) electrons. The van der Waals surface area contributed by atoms with Gasteiger partial charge in [-0.1, -0.05) is 6.07 Å². The normalized spacial score (nSPS) is 11.0. The smallest absolute Gasteiger partial charge is 0.190 e. The lowest BCUT2D eigenvalue weighted by atomic mass is 10.1. The molecule has 0 unspecified atom stereocenters. The molecule has 0 N–H and O–H groups in total. The minimum absolute atomic E-state index is 0.180. The number of fused-ring (bicyclic) bond motifs is 1. The molecule has 6 heteroatoms. The summed E-state index contributed by atoms with van der Waals surface area (Å²) >= 11 is 1.46. The van der Waals surface area contributed by atoms with Crippen molar-refractivity contribution in [3.63, 3.8) is 0 Å². The Kier molecular flexibility index (Phi) is 3.39. The number of nitrogens with zero attached hydrogens (tertiary/aromatic N) is 3. The van der Waals surface area contributed by atoms with Gasteiger partial charge in [0.05, 0.1) is 28.7 Å². The highest BCUT2D eigenvalue weighted by molar-refractivity contribution is 7.11. The van der Waals surface area contributed by atoms with Crippen LogP contribution in [0.1, 0.15) is 37.2 Å². The number of rotatable bonds is 4. The molecule has 0 aliphatic rings. The lowest BCUT2D eigenvalue weighted by molar-refractivity contribution is 0.0892. The molecule has 106 valence electrons. The largest absolute Gasteiger partial charge is 0.294 e. The average molecular weight is 299 g/mol. The van der Waals surface area contributed by atoms with Crippen LogP contribution < -0.4 is 0 Å². The molecule has 0 aromatic carbocycles. The number of Topliss-reactive ketones (excluding diaryl/α,β-unsaturated/α-hetero) is 2. The summed E-state index contributed by atoms with van der Waals surface area (Å²) < 4.78 is 1.62. The molecular weight excluding hydrogens is 286 g/mol. The van der Waals surface area contributed by atoms with Crippen LogP contribution in [0.15, 0.2) is 30.6 Å². The van der Waals surface area contributed by atoms with Crippen molar-refractivity contribution in [1.82, 2.24) is 14.6 Å². The molecule has 3 rings (SSSR count). The molecule has 3 heterocycles. The number of aryl methyl sites for hydroxylation is 2. The fraction of sp³-hybridized carbons (Fsp3) is 0.200. The van der Waals surface area contributed by atoms with E-state index in [1.165, 1.54) is 17.5 Å². The van der Waals surface area contributed by atoms with Gasteiger partial charge in [-0.25, -0.2) is 9.50 Å². The SMILES string of the molecule is Cc1nc(C(=O)CC(=O)c2cnn3ccccc23)c(C)s1. The van der Waals surface area contributed by atoms with E-state index in [4.69, 9.17) is 0 Å². The van der Waals surface area contributed by atoms with Crippen molar-refractivity contribution in [2.45, 2.75) is 20.3 Å². The van der Waals surface area contributed by atoms with Gasteiger partial charge in [0.1, 0.15) is 5.69 Å². The Balaban J connectivity index is 1.86. The highest BCUT2D eigenvalue weighted by Gasteiger charge is 2.20. The Hall–Kier alpha value is -2.34. The zero-order valence-corrected chi connectivity index (χ0v) is 12.5. The number of carbonyl (C=O) groups excluding carboxylic acids is 2. The Morgan fingerprint density at radius 1 is 1.24 bits per heavy atom. The molecule has 5 nitrogen and oxygen atoms in total. The van der Waals surface area contributed by atoms with Gasteiger partial charge in [-0.15, -0.1) is 11.3 Å². The quantitative estimate of drug-likeness (QED) is 0.549. The summed E-state index contributed by atoms with van der Waals surface area (Å²) in [6.45, 7) is 3.69. The second-order valence-corrected chi connectivity index (χ2v) is 6.16. The first-order valence-electron chi connectivity index (χ1n) is 6.49. The topological polar surface area (TPSA) is 64.3 Å². The summed E-state index contributed by atoms with van der Waals surface area (Å²) in [5, 5.41) is 4.95. The van der Waals surface area contributed by atoms with E-state index in [1.54, 1.807) is 10.7 Å². The van der Waals surface area contributed by atoms with Gasteiger partial charge in [0.15, 0.2) is 11.6 Å². The van der Waals surface area contributed by atoms with Crippen LogP contribution in [0, 0.1) is 13.8 Å². The van der Waals surface area contributed by atoms with Crippen molar-refractivity contribution < 1.29 is 9.59 Å². The van der Waals surface area contributed by atoms with Crippen LogP contribution in [0.4, 0.5) is 0 Å². The van der Waals surface area contributed by atoms with E-state index in [1.807, 2.05) is 32.0 Å². The molecule has 0 saturated heterocycles. The zero-order chi connectivity index (χ0) is 15.0. The van der Waals surface area contributed by atoms with Crippen LogP contribution in [0.2, 0.25) is 0 Å². The van der Waals surface area contributed by atoms with Gasteiger partial charge in [0.2, 0.25) is 0 Å². The standard InChI is InChI=1S/C15H13N3O2S/c1-9-15(17-10(2)21-9)14(20)7-13(19)11-8-16-18-6-4-3-5-12(11)18/h3-6,8H,7H2,1-2H3. The van der Waals surface area contributed by atoms with E-state index in [9.17, 15) is 9.59 Å². The molecule has 0 fully saturated rings. The van der Waals surface area contributed by atoms with Gasteiger partial charge in [-0.3, -0.25) is 9.59 Å². The third kappa shape index (κ3) is 2.50. The van der Waals surface area contributed by atoms with Crippen molar-refractivity contribution in [2.24, 2.45) is 0 Å². The molecule has 0 aliphatic carbocycles. The van der Waals surface area contributed by atoms with Crippen molar-refractivity contribution >= 4 is 28.4 Å². The van der Waals surface area contributed by atoms with Crippen LogP contribution in [-0.2, 0) is 0 Å². The fourth-order valence-corrected chi connectivity index (χ4v) is 3.10. The Labute approximate surface area is 125 Å². The molecule has 0 saturated carbocycles. The summed E-state index contributed by atoms with van der Waals surface area (Å²) in [6.07, 6.45) is 3.09. The highest BCUT2D eigenvalue weighted by Crippen LogP contribution is 2.19. The first-order valence-corrected chi connectivity index (χ1v) is 7.30. The summed E-state index contributed by atoms with van der Waals surface area (Å²) in [4.78, 5) is 29.6. The van der Waals surface area contributed by atoms with Gasteiger partial charge in [0.25, 0.3) is 0 Å². The first kappa shape index (κ1) is 13.6. The minimum Gasteiger partial charge on any atom is -0.294 e. The third-order valence-electron chi connectivity index (χ3n) is 3.22. The number of ketones is 2. The van der Waals surface area contributed by atoms with Crippen LogP contribution in [0.5, 0.6) is 0 Å². The molecule has 0 amide bonds. The average Bonchev–Trinajstić information content (AvgIpc) is 3.01. The second kappa shape index (κ2) is 5.21. The minimum atomic E-state index is -0.239. The maximum absolute atomic E-state index is 12.3. The Bertz CT molecular complexity index is 848. The number of thiazole rings is 1. The molecule has 3 aromatic heterocycles. The van der Waals surface area contributed by atoms with Crippen LogP contribution >= 0.6 is 11.3 Å². The number of carbonyl (C=O) groups is 2. The lowest BCUT2D eigenvalue weighted by Crippen LogP contribution is -2.10. The molecule has 0 spiro atoms. The maximum atomic E-state index is 12.3. The Morgan fingerprint density at radius 2 is 2.05 bits per heavy atom. The number of aromatic nitrogens is 3. The Morgan fingerprint density at radius 3 is 2.76 bits per heavy atom. The van der Waals surface area contributed by atoms with Crippen molar-refractivity contribution in [3.8, 4) is 0 Å². The van der Waals surface area contributed by atoms with Gasteiger partial charge in [-0.2, -0.15) is 5.10 Å². The van der Waals surface area contributed by atoms with Gasteiger partial charge in [-0.05, 0) is 26.0 Å². The number of hydrogen-bond donors (Lipinski definition) is 0. The lowest BCUT2D eigenvalue weighted by Gasteiger charge is -1.99. The second-order valence-electron chi connectivity index (χ2n) is 4.75. The predicted octanol–water partition coefficient (Wildman–Crippen LogP) is 2.86. The van der Waals surface area contributed by atoms with Gasteiger partial charge in [0, 0.05) is 11.1 Å².